The van der Waals surface area contributed by atoms with Crippen LogP contribution in [0.25, 0.3) is 0 Å². The number of methoxy groups -OCH3 is 2. The first-order valence-corrected chi connectivity index (χ1v) is 10.6. The summed E-state index contributed by atoms with van der Waals surface area (Å²) in [5, 5.41) is 13.5. The fourth-order valence-electron chi connectivity index (χ4n) is 3.72. The highest BCUT2D eigenvalue weighted by Crippen LogP contribution is 2.31. The molecule has 2 aromatic rings. The van der Waals surface area contributed by atoms with Gasteiger partial charge in [0.15, 0.2) is 5.82 Å². The van der Waals surface area contributed by atoms with Crippen LogP contribution in [0.1, 0.15) is 55.3 Å². The lowest BCUT2D eigenvalue weighted by molar-refractivity contribution is -0.137. The molecule has 1 atom stereocenters. The Labute approximate surface area is 182 Å². The molecule has 0 spiro atoms. The summed E-state index contributed by atoms with van der Waals surface area (Å²) in [4.78, 5) is 16.0. The predicted molar refractivity (Wildman–Crippen MR) is 114 cm³/mol. The van der Waals surface area contributed by atoms with Gasteiger partial charge in [0.05, 0.1) is 33.9 Å². The zero-order valence-electron chi connectivity index (χ0n) is 18.1. The number of aryl methyl sites for hydroxylation is 1. The van der Waals surface area contributed by atoms with E-state index < -0.39 is 5.97 Å². The molecule has 1 aliphatic heterocycles. The van der Waals surface area contributed by atoms with Gasteiger partial charge in [0, 0.05) is 24.8 Å². The molecule has 1 aromatic carbocycles. The van der Waals surface area contributed by atoms with Crippen LogP contribution in [0.5, 0.6) is 11.5 Å². The van der Waals surface area contributed by atoms with Crippen LogP contribution in [0.3, 0.4) is 0 Å². The number of ether oxygens (including phenoxy) is 3. The minimum Gasteiger partial charge on any atom is -0.497 e. The zero-order valence-corrected chi connectivity index (χ0v) is 18.1. The summed E-state index contributed by atoms with van der Waals surface area (Å²) in [6.45, 7) is 1.59. The number of carboxylic acid groups (broad SMARTS) is 1. The van der Waals surface area contributed by atoms with Gasteiger partial charge in [-0.05, 0) is 43.4 Å². The molecule has 1 aromatic heterocycles. The predicted octanol–water partition coefficient (Wildman–Crippen LogP) is 3.95. The van der Waals surface area contributed by atoms with E-state index >= 15 is 0 Å². The highest BCUT2D eigenvalue weighted by molar-refractivity contribution is 5.68. The third-order valence-corrected chi connectivity index (χ3v) is 5.36. The van der Waals surface area contributed by atoms with Gasteiger partial charge in [0.25, 0.3) is 0 Å². The van der Waals surface area contributed by atoms with Gasteiger partial charge in [0.2, 0.25) is 5.89 Å². The van der Waals surface area contributed by atoms with Crippen molar-refractivity contribution in [2.75, 3.05) is 27.4 Å². The number of carboxylic acids is 1. The highest BCUT2D eigenvalue weighted by atomic mass is 16.5. The molecule has 1 aliphatic rings. The number of hydrogen-bond acceptors (Lipinski definition) is 7. The van der Waals surface area contributed by atoms with Crippen LogP contribution in [0.4, 0.5) is 0 Å². The molecule has 3 rings (SSSR count). The molecule has 0 saturated heterocycles. The van der Waals surface area contributed by atoms with E-state index in [1.54, 1.807) is 20.3 Å². The zero-order chi connectivity index (χ0) is 22.1. The second kappa shape index (κ2) is 11.5. The molecule has 8 heteroatoms. The van der Waals surface area contributed by atoms with Gasteiger partial charge in [0.1, 0.15) is 11.5 Å². The van der Waals surface area contributed by atoms with Crippen molar-refractivity contribution in [1.29, 1.82) is 0 Å². The highest BCUT2D eigenvalue weighted by Gasteiger charge is 2.21. The smallest absolute Gasteiger partial charge is 0.303 e. The summed E-state index contributed by atoms with van der Waals surface area (Å²) in [6, 6.07) is 5.39. The number of rotatable bonds is 11. The van der Waals surface area contributed by atoms with Gasteiger partial charge in [-0.15, -0.1) is 0 Å². The Morgan fingerprint density at radius 2 is 1.94 bits per heavy atom. The minimum atomic E-state index is -0.896. The van der Waals surface area contributed by atoms with Crippen molar-refractivity contribution in [2.45, 2.75) is 50.9 Å². The second-order valence-corrected chi connectivity index (χ2v) is 7.62. The average molecular weight is 431 g/mol. The lowest BCUT2D eigenvalue weighted by Gasteiger charge is -2.16. The summed E-state index contributed by atoms with van der Waals surface area (Å²) in [5.41, 5.74) is 2.22. The third kappa shape index (κ3) is 7.10. The first-order valence-electron chi connectivity index (χ1n) is 10.6. The first-order chi connectivity index (χ1) is 15.1. The van der Waals surface area contributed by atoms with E-state index in [2.05, 4.69) is 16.2 Å². The summed E-state index contributed by atoms with van der Waals surface area (Å²) >= 11 is 0. The molecule has 168 valence electrons. The van der Waals surface area contributed by atoms with Crippen molar-refractivity contribution in [2.24, 2.45) is 0 Å². The van der Waals surface area contributed by atoms with Crippen LogP contribution < -0.4 is 9.47 Å². The molecule has 2 heterocycles. The number of nitrogens with zero attached hydrogens (tertiary/aromatic N) is 2. The molecule has 0 radical (unpaired) electrons. The van der Waals surface area contributed by atoms with Crippen molar-refractivity contribution in [3.63, 3.8) is 0 Å². The lowest BCUT2D eigenvalue weighted by Crippen LogP contribution is -2.10. The molecule has 0 amide bonds. The molecule has 0 fully saturated rings. The molecule has 0 saturated carbocycles. The maximum atomic E-state index is 11.5. The van der Waals surface area contributed by atoms with Crippen LogP contribution in [-0.4, -0.2) is 48.6 Å². The van der Waals surface area contributed by atoms with Gasteiger partial charge >= 0.3 is 5.97 Å². The molecular formula is C23H30N2O6. The standard InChI is InChI=1S/C23H30N2O6/c1-28-19-11-17(12-20(15-19)29-2)18(14-23(26)27)13-22-24-21(25-31-22)7-3-5-16-6-4-9-30-10-8-16/h6,11-12,15,18H,3-5,7-10,13-14H2,1-2H3,(H,26,27). The van der Waals surface area contributed by atoms with Crippen LogP contribution in [0.2, 0.25) is 0 Å². The Balaban J connectivity index is 1.64. The fraction of sp³-hybridized carbons (Fsp3) is 0.522. The first kappa shape index (κ1) is 22.8. The van der Waals surface area contributed by atoms with Gasteiger partial charge in [-0.3, -0.25) is 4.79 Å². The molecule has 31 heavy (non-hydrogen) atoms. The number of aliphatic carboxylic acids is 1. The Hall–Kier alpha value is -2.87. The van der Waals surface area contributed by atoms with E-state index in [0.717, 1.165) is 50.9 Å². The maximum Gasteiger partial charge on any atom is 0.303 e. The number of carbonyl (C=O) groups is 1. The molecule has 1 unspecified atom stereocenters. The Morgan fingerprint density at radius 3 is 2.65 bits per heavy atom. The van der Waals surface area contributed by atoms with E-state index in [1.165, 1.54) is 5.57 Å². The minimum absolute atomic E-state index is 0.0652. The van der Waals surface area contributed by atoms with E-state index in [1.807, 2.05) is 12.1 Å². The van der Waals surface area contributed by atoms with E-state index in [9.17, 15) is 9.90 Å². The van der Waals surface area contributed by atoms with Crippen molar-refractivity contribution in [1.82, 2.24) is 10.1 Å². The van der Waals surface area contributed by atoms with Gasteiger partial charge < -0.3 is 23.8 Å². The van der Waals surface area contributed by atoms with Crippen LogP contribution in [0.15, 0.2) is 34.4 Å². The third-order valence-electron chi connectivity index (χ3n) is 5.36. The van der Waals surface area contributed by atoms with E-state index in [-0.39, 0.29) is 12.3 Å². The van der Waals surface area contributed by atoms with Gasteiger partial charge in [-0.25, -0.2) is 0 Å². The molecule has 8 nitrogen and oxygen atoms in total. The van der Waals surface area contributed by atoms with Crippen molar-refractivity contribution in [3.05, 3.63) is 47.1 Å². The number of benzene rings is 1. The second-order valence-electron chi connectivity index (χ2n) is 7.62. The fourth-order valence-corrected chi connectivity index (χ4v) is 3.72. The Morgan fingerprint density at radius 1 is 1.16 bits per heavy atom. The van der Waals surface area contributed by atoms with Gasteiger partial charge in [-0.2, -0.15) is 4.98 Å². The summed E-state index contributed by atoms with van der Waals surface area (Å²) in [7, 11) is 3.13. The normalized spacial score (nSPS) is 15.1. The quantitative estimate of drug-likeness (QED) is 0.535. The van der Waals surface area contributed by atoms with Crippen LogP contribution in [-0.2, 0) is 22.4 Å². The molecular weight excluding hydrogens is 400 g/mol. The summed E-state index contributed by atoms with van der Waals surface area (Å²) in [5.74, 6) is 1.06. The monoisotopic (exact) mass is 430 g/mol. The Kier molecular flexibility index (Phi) is 8.46. The maximum absolute atomic E-state index is 11.5. The van der Waals surface area contributed by atoms with Gasteiger partial charge in [-0.1, -0.05) is 16.8 Å². The molecule has 1 N–H and O–H groups in total. The van der Waals surface area contributed by atoms with Crippen molar-refractivity contribution in [3.8, 4) is 11.5 Å². The van der Waals surface area contributed by atoms with Crippen molar-refractivity contribution < 1.29 is 28.6 Å². The van der Waals surface area contributed by atoms with Crippen LogP contribution >= 0.6 is 0 Å². The Bertz CT molecular complexity index is 870. The number of aromatic nitrogens is 2. The summed E-state index contributed by atoms with van der Waals surface area (Å²) in [6.07, 6.45) is 7.16. The topological polar surface area (TPSA) is 104 Å². The molecule has 0 bridgehead atoms. The van der Waals surface area contributed by atoms with E-state index in [0.29, 0.717) is 29.6 Å². The van der Waals surface area contributed by atoms with Crippen LogP contribution in [0, 0.1) is 0 Å². The van der Waals surface area contributed by atoms with Crippen molar-refractivity contribution >= 4 is 5.97 Å². The lowest BCUT2D eigenvalue weighted by atomic mass is 9.92. The average Bonchev–Trinajstić information content (AvgIpc) is 3.04. The largest absolute Gasteiger partial charge is 0.497 e. The SMILES string of the molecule is COc1cc(OC)cc(C(CC(=O)O)Cc2nc(CCCC3=CCCOCC3)no2)c1. The number of hydrogen-bond donors (Lipinski definition) is 1. The summed E-state index contributed by atoms with van der Waals surface area (Å²) < 4.78 is 21.5. The molecule has 0 aliphatic carbocycles. The van der Waals surface area contributed by atoms with E-state index in [4.69, 9.17) is 18.7 Å².